The third kappa shape index (κ3) is 25.4. The number of ether oxygens (including phenoxy) is 1. The summed E-state index contributed by atoms with van der Waals surface area (Å²) in [6.07, 6.45) is 27.2. The third-order valence-electron chi connectivity index (χ3n) is 5.80. The van der Waals surface area contributed by atoms with Gasteiger partial charge >= 0.3 is 5.97 Å². The zero-order valence-corrected chi connectivity index (χ0v) is 19.7. The lowest BCUT2D eigenvalue weighted by Crippen LogP contribution is -2.05. The lowest BCUT2D eigenvalue weighted by atomic mass is 10.0. The van der Waals surface area contributed by atoms with Crippen LogP contribution in [0, 0.1) is 0 Å². The first-order valence-corrected chi connectivity index (χ1v) is 13.1. The molecule has 0 aliphatic rings. The van der Waals surface area contributed by atoms with Crippen molar-refractivity contribution in [3.63, 3.8) is 0 Å². The molecule has 0 saturated carbocycles. The van der Waals surface area contributed by atoms with Crippen LogP contribution in [-0.4, -0.2) is 24.3 Å². The molecule has 3 nitrogen and oxygen atoms in total. The van der Waals surface area contributed by atoms with Crippen molar-refractivity contribution in [3.8, 4) is 0 Å². The zero-order valence-electron chi connectivity index (χ0n) is 19.7. The maximum Gasteiger partial charge on any atom is 0.305 e. The molecule has 0 aliphatic carbocycles. The second-order valence-corrected chi connectivity index (χ2v) is 8.77. The molecule has 0 atom stereocenters. The van der Waals surface area contributed by atoms with Crippen molar-refractivity contribution in [2.24, 2.45) is 0 Å². The van der Waals surface area contributed by atoms with E-state index in [-0.39, 0.29) is 5.97 Å². The minimum absolute atomic E-state index is 0.00644. The van der Waals surface area contributed by atoms with Gasteiger partial charge in [-0.25, -0.2) is 0 Å². The summed E-state index contributed by atoms with van der Waals surface area (Å²) in [5.41, 5.74) is 0. The average molecular weight is 413 g/mol. The van der Waals surface area contributed by atoms with Crippen LogP contribution in [-0.2, 0) is 9.53 Å². The monoisotopic (exact) mass is 412 g/mol. The topological polar surface area (TPSA) is 46.5 Å². The number of hydrogen-bond donors (Lipinski definition) is 1. The SMILES string of the molecule is CCCCCCCCOC(=O)CCCCCCCCCCCCCCCCCO. The van der Waals surface area contributed by atoms with Crippen LogP contribution in [0.3, 0.4) is 0 Å². The first-order chi connectivity index (χ1) is 14.3. The van der Waals surface area contributed by atoms with Gasteiger partial charge in [0.15, 0.2) is 0 Å². The Kier molecular flexibility index (Phi) is 25.0. The lowest BCUT2D eigenvalue weighted by Gasteiger charge is -2.05. The number of hydrogen-bond acceptors (Lipinski definition) is 3. The molecule has 0 aromatic carbocycles. The highest BCUT2D eigenvalue weighted by molar-refractivity contribution is 5.69. The van der Waals surface area contributed by atoms with Crippen LogP contribution in [0.15, 0.2) is 0 Å². The van der Waals surface area contributed by atoms with Crippen LogP contribution in [0.2, 0.25) is 0 Å². The number of esters is 1. The highest BCUT2D eigenvalue weighted by atomic mass is 16.5. The van der Waals surface area contributed by atoms with Crippen molar-refractivity contribution in [1.29, 1.82) is 0 Å². The second-order valence-electron chi connectivity index (χ2n) is 8.77. The highest BCUT2D eigenvalue weighted by Crippen LogP contribution is 2.14. The molecule has 0 bridgehead atoms. The van der Waals surface area contributed by atoms with E-state index in [0.29, 0.717) is 19.6 Å². The van der Waals surface area contributed by atoms with E-state index >= 15 is 0 Å². The van der Waals surface area contributed by atoms with Gasteiger partial charge in [-0.05, 0) is 19.3 Å². The minimum atomic E-state index is 0.00644. The van der Waals surface area contributed by atoms with Crippen LogP contribution in [0.25, 0.3) is 0 Å². The van der Waals surface area contributed by atoms with Gasteiger partial charge in [0, 0.05) is 13.0 Å². The van der Waals surface area contributed by atoms with Gasteiger partial charge in [0.05, 0.1) is 6.61 Å². The molecule has 0 spiro atoms. The van der Waals surface area contributed by atoms with Gasteiger partial charge in [-0.1, -0.05) is 122 Å². The van der Waals surface area contributed by atoms with Crippen LogP contribution in [0.1, 0.15) is 148 Å². The van der Waals surface area contributed by atoms with Gasteiger partial charge in [-0.15, -0.1) is 0 Å². The second kappa shape index (κ2) is 25.5. The van der Waals surface area contributed by atoms with Gasteiger partial charge in [0.2, 0.25) is 0 Å². The largest absolute Gasteiger partial charge is 0.466 e. The number of aliphatic hydroxyl groups is 1. The predicted molar refractivity (Wildman–Crippen MR) is 125 cm³/mol. The Hall–Kier alpha value is -0.570. The van der Waals surface area contributed by atoms with E-state index in [1.165, 1.54) is 116 Å². The molecule has 1 N–H and O–H groups in total. The Bertz CT molecular complexity index is 317. The summed E-state index contributed by atoms with van der Waals surface area (Å²) >= 11 is 0. The molecule has 174 valence electrons. The summed E-state index contributed by atoms with van der Waals surface area (Å²) < 4.78 is 5.32. The molecule has 0 saturated heterocycles. The molecular weight excluding hydrogens is 360 g/mol. The molecule has 0 heterocycles. The van der Waals surface area contributed by atoms with Crippen molar-refractivity contribution < 1.29 is 14.6 Å². The fourth-order valence-corrected chi connectivity index (χ4v) is 3.82. The molecule has 3 heteroatoms. The summed E-state index contributed by atoms with van der Waals surface area (Å²) in [6, 6.07) is 0. The fourth-order valence-electron chi connectivity index (χ4n) is 3.82. The normalized spacial score (nSPS) is 11.1. The van der Waals surface area contributed by atoms with Crippen molar-refractivity contribution in [2.45, 2.75) is 148 Å². The predicted octanol–water partition coefficient (Wildman–Crippen LogP) is 8.12. The summed E-state index contributed by atoms with van der Waals surface area (Å²) in [6.45, 7) is 3.20. The highest BCUT2D eigenvalue weighted by Gasteiger charge is 2.02. The third-order valence-corrected chi connectivity index (χ3v) is 5.80. The Morgan fingerprint density at radius 2 is 0.931 bits per heavy atom. The molecule has 0 aromatic heterocycles. The van der Waals surface area contributed by atoms with Crippen LogP contribution in [0.5, 0.6) is 0 Å². The molecular formula is C26H52O3. The van der Waals surface area contributed by atoms with Crippen LogP contribution in [0.4, 0.5) is 0 Å². The van der Waals surface area contributed by atoms with E-state index < -0.39 is 0 Å². The van der Waals surface area contributed by atoms with E-state index in [2.05, 4.69) is 6.92 Å². The van der Waals surface area contributed by atoms with Gasteiger partial charge in [-0.2, -0.15) is 0 Å². The quantitative estimate of drug-likeness (QED) is 0.129. The number of rotatable bonds is 24. The van der Waals surface area contributed by atoms with Crippen LogP contribution >= 0.6 is 0 Å². The van der Waals surface area contributed by atoms with E-state index in [1.807, 2.05) is 0 Å². The smallest absolute Gasteiger partial charge is 0.305 e. The lowest BCUT2D eigenvalue weighted by molar-refractivity contribution is -0.143. The molecule has 0 aromatic rings. The number of aliphatic hydroxyl groups excluding tert-OH is 1. The van der Waals surface area contributed by atoms with Gasteiger partial charge < -0.3 is 9.84 Å². The molecule has 0 radical (unpaired) electrons. The van der Waals surface area contributed by atoms with Crippen molar-refractivity contribution in [2.75, 3.05) is 13.2 Å². The zero-order chi connectivity index (χ0) is 21.3. The standard InChI is InChI=1S/C26H52O3/c1-2-3-4-5-19-22-25-29-26(28)23-20-17-15-13-11-9-7-6-8-10-12-14-16-18-21-24-27/h27H,2-25H2,1H3. The Labute approximate surface area is 182 Å². The molecule has 0 fully saturated rings. The molecule has 29 heavy (non-hydrogen) atoms. The first-order valence-electron chi connectivity index (χ1n) is 13.1. The van der Waals surface area contributed by atoms with E-state index in [0.717, 1.165) is 19.3 Å². The Morgan fingerprint density at radius 1 is 0.552 bits per heavy atom. The minimum Gasteiger partial charge on any atom is -0.466 e. The molecule has 0 amide bonds. The molecule has 0 rings (SSSR count). The Morgan fingerprint density at radius 3 is 1.38 bits per heavy atom. The number of carbonyl (C=O) groups excluding carboxylic acids is 1. The maximum atomic E-state index is 11.7. The fraction of sp³-hybridized carbons (Fsp3) is 0.962. The number of carbonyl (C=O) groups is 1. The van der Waals surface area contributed by atoms with Crippen molar-refractivity contribution in [3.05, 3.63) is 0 Å². The van der Waals surface area contributed by atoms with Gasteiger partial charge in [0.1, 0.15) is 0 Å². The summed E-state index contributed by atoms with van der Waals surface area (Å²) in [7, 11) is 0. The summed E-state index contributed by atoms with van der Waals surface area (Å²) in [4.78, 5) is 11.7. The van der Waals surface area contributed by atoms with E-state index in [4.69, 9.17) is 9.84 Å². The molecule has 0 unspecified atom stereocenters. The summed E-state index contributed by atoms with van der Waals surface area (Å²) in [5, 5.41) is 8.74. The van der Waals surface area contributed by atoms with Crippen LogP contribution < -0.4 is 0 Å². The average Bonchev–Trinajstić information content (AvgIpc) is 2.72. The maximum absolute atomic E-state index is 11.7. The van der Waals surface area contributed by atoms with E-state index in [9.17, 15) is 4.79 Å². The van der Waals surface area contributed by atoms with E-state index in [1.54, 1.807) is 0 Å². The Balaban J connectivity index is 3.11. The summed E-state index contributed by atoms with van der Waals surface area (Å²) in [5.74, 6) is 0.00644. The van der Waals surface area contributed by atoms with Crippen molar-refractivity contribution in [1.82, 2.24) is 0 Å². The van der Waals surface area contributed by atoms with Crippen molar-refractivity contribution >= 4 is 5.97 Å². The molecule has 0 aliphatic heterocycles. The van der Waals surface area contributed by atoms with Gasteiger partial charge in [-0.3, -0.25) is 4.79 Å². The van der Waals surface area contributed by atoms with Gasteiger partial charge in [0.25, 0.3) is 0 Å². The number of unbranched alkanes of at least 4 members (excludes halogenated alkanes) is 19. The first kappa shape index (κ1) is 28.4.